The molecule has 96 valence electrons. The standard InChI is InChI=1S/C15H15N3O/c16-12-6-7-17-14(9-12)15(19)18-13-5-4-10-2-1-3-11(10)8-13/h4-9H,1-3H2,(H2,16,17)(H,18,19). The van der Waals surface area contributed by atoms with Gasteiger partial charge in [0.25, 0.3) is 5.91 Å². The van der Waals surface area contributed by atoms with Gasteiger partial charge in [0.05, 0.1) is 0 Å². The normalized spacial score (nSPS) is 13.1. The summed E-state index contributed by atoms with van der Waals surface area (Å²) in [6, 6.07) is 9.31. The number of carbonyl (C=O) groups is 1. The molecular formula is C15H15N3O. The lowest BCUT2D eigenvalue weighted by Crippen LogP contribution is -2.14. The van der Waals surface area contributed by atoms with Gasteiger partial charge in [0.1, 0.15) is 5.69 Å². The molecule has 4 heteroatoms. The molecule has 3 N–H and O–H groups in total. The molecule has 1 heterocycles. The summed E-state index contributed by atoms with van der Waals surface area (Å²) in [5.41, 5.74) is 10.0. The second-order valence-corrected chi connectivity index (χ2v) is 4.77. The van der Waals surface area contributed by atoms with E-state index in [1.54, 1.807) is 12.1 Å². The molecule has 0 saturated carbocycles. The number of hydrogen-bond donors (Lipinski definition) is 2. The first-order chi connectivity index (χ1) is 9.22. The van der Waals surface area contributed by atoms with E-state index < -0.39 is 0 Å². The molecule has 0 radical (unpaired) electrons. The van der Waals surface area contributed by atoms with Gasteiger partial charge in [0, 0.05) is 17.6 Å². The van der Waals surface area contributed by atoms with E-state index in [1.807, 2.05) is 12.1 Å². The maximum absolute atomic E-state index is 12.0. The largest absolute Gasteiger partial charge is 0.399 e. The maximum Gasteiger partial charge on any atom is 0.274 e. The van der Waals surface area contributed by atoms with E-state index in [0.717, 1.165) is 18.5 Å². The van der Waals surface area contributed by atoms with Crippen LogP contribution in [0.1, 0.15) is 28.0 Å². The number of nitrogens with zero attached hydrogens (tertiary/aromatic N) is 1. The fourth-order valence-corrected chi connectivity index (χ4v) is 2.42. The van der Waals surface area contributed by atoms with E-state index >= 15 is 0 Å². The number of nitrogen functional groups attached to an aromatic ring is 1. The number of nitrogens with one attached hydrogen (secondary N) is 1. The van der Waals surface area contributed by atoms with E-state index in [2.05, 4.69) is 16.4 Å². The van der Waals surface area contributed by atoms with Crippen LogP contribution >= 0.6 is 0 Å². The van der Waals surface area contributed by atoms with Gasteiger partial charge in [0.2, 0.25) is 0 Å². The SMILES string of the molecule is Nc1ccnc(C(=O)Nc2ccc3c(c2)CCC3)c1. The number of hydrogen-bond acceptors (Lipinski definition) is 3. The van der Waals surface area contributed by atoms with Crippen molar-refractivity contribution in [3.05, 3.63) is 53.3 Å². The summed E-state index contributed by atoms with van der Waals surface area (Å²) in [5.74, 6) is -0.231. The Hall–Kier alpha value is -2.36. The molecule has 1 aromatic heterocycles. The summed E-state index contributed by atoms with van der Waals surface area (Å²) in [4.78, 5) is 16.1. The molecule has 0 bridgehead atoms. The number of fused-ring (bicyclic) bond motifs is 1. The molecule has 19 heavy (non-hydrogen) atoms. The molecule has 1 aromatic carbocycles. The number of benzene rings is 1. The predicted octanol–water partition coefficient (Wildman–Crippen LogP) is 2.40. The van der Waals surface area contributed by atoms with E-state index in [9.17, 15) is 4.79 Å². The number of aromatic nitrogens is 1. The molecule has 1 amide bonds. The van der Waals surface area contributed by atoms with Gasteiger partial charge in [-0.3, -0.25) is 9.78 Å². The Bertz CT molecular complexity index is 637. The fraction of sp³-hybridized carbons (Fsp3) is 0.200. The van der Waals surface area contributed by atoms with Gasteiger partial charge < -0.3 is 11.1 Å². The van der Waals surface area contributed by atoms with Crippen molar-refractivity contribution in [2.24, 2.45) is 0 Å². The van der Waals surface area contributed by atoms with Gasteiger partial charge in [-0.15, -0.1) is 0 Å². The van der Waals surface area contributed by atoms with Crippen LogP contribution in [-0.2, 0) is 12.8 Å². The highest BCUT2D eigenvalue weighted by molar-refractivity contribution is 6.03. The molecule has 1 aliphatic carbocycles. The molecule has 3 rings (SSSR count). The summed E-state index contributed by atoms with van der Waals surface area (Å²) in [6.07, 6.45) is 4.96. The van der Waals surface area contributed by atoms with Crippen LogP contribution in [0.5, 0.6) is 0 Å². The summed E-state index contributed by atoms with van der Waals surface area (Å²) in [5, 5.41) is 2.86. The third-order valence-electron chi connectivity index (χ3n) is 3.37. The number of aryl methyl sites for hydroxylation is 2. The summed E-state index contributed by atoms with van der Waals surface area (Å²) < 4.78 is 0. The van der Waals surface area contributed by atoms with Crippen molar-refractivity contribution < 1.29 is 4.79 Å². The van der Waals surface area contributed by atoms with Crippen LogP contribution in [0.4, 0.5) is 11.4 Å². The number of carbonyl (C=O) groups excluding carboxylic acids is 1. The first kappa shape index (κ1) is 11.7. The van der Waals surface area contributed by atoms with E-state index in [1.165, 1.54) is 23.7 Å². The van der Waals surface area contributed by atoms with Crippen molar-refractivity contribution in [2.45, 2.75) is 19.3 Å². The third-order valence-corrected chi connectivity index (χ3v) is 3.37. The molecule has 0 aliphatic heterocycles. The third kappa shape index (κ3) is 2.42. The highest BCUT2D eigenvalue weighted by Crippen LogP contribution is 2.25. The second kappa shape index (κ2) is 4.72. The Morgan fingerprint density at radius 3 is 2.84 bits per heavy atom. The lowest BCUT2D eigenvalue weighted by molar-refractivity contribution is 0.102. The van der Waals surface area contributed by atoms with Crippen LogP contribution < -0.4 is 11.1 Å². The van der Waals surface area contributed by atoms with Gasteiger partial charge in [-0.1, -0.05) is 6.07 Å². The van der Waals surface area contributed by atoms with Crippen molar-refractivity contribution >= 4 is 17.3 Å². The molecule has 0 fully saturated rings. The number of nitrogens with two attached hydrogens (primary N) is 1. The van der Waals surface area contributed by atoms with Crippen LogP contribution in [0, 0.1) is 0 Å². The number of anilines is 2. The Morgan fingerprint density at radius 2 is 2.00 bits per heavy atom. The molecule has 0 unspecified atom stereocenters. The number of rotatable bonds is 2. The highest BCUT2D eigenvalue weighted by atomic mass is 16.1. The van der Waals surface area contributed by atoms with E-state index in [4.69, 9.17) is 5.73 Å². The summed E-state index contributed by atoms with van der Waals surface area (Å²) in [6.45, 7) is 0. The van der Waals surface area contributed by atoms with Crippen molar-refractivity contribution in [3.63, 3.8) is 0 Å². The van der Waals surface area contributed by atoms with Gasteiger partial charge in [-0.05, 0) is 54.7 Å². The maximum atomic E-state index is 12.0. The molecule has 0 spiro atoms. The highest BCUT2D eigenvalue weighted by Gasteiger charge is 2.13. The first-order valence-corrected chi connectivity index (χ1v) is 6.37. The Labute approximate surface area is 111 Å². The minimum absolute atomic E-state index is 0.231. The smallest absolute Gasteiger partial charge is 0.274 e. The monoisotopic (exact) mass is 253 g/mol. The molecule has 2 aromatic rings. The quantitative estimate of drug-likeness (QED) is 0.863. The van der Waals surface area contributed by atoms with Crippen LogP contribution in [0.15, 0.2) is 36.5 Å². The van der Waals surface area contributed by atoms with Crippen LogP contribution in [0.3, 0.4) is 0 Å². The first-order valence-electron chi connectivity index (χ1n) is 6.37. The summed E-state index contributed by atoms with van der Waals surface area (Å²) in [7, 11) is 0. The van der Waals surface area contributed by atoms with Crippen molar-refractivity contribution in [3.8, 4) is 0 Å². The Morgan fingerprint density at radius 1 is 1.16 bits per heavy atom. The molecule has 4 nitrogen and oxygen atoms in total. The van der Waals surface area contributed by atoms with Crippen molar-refractivity contribution in [1.82, 2.24) is 4.98 Å². The topological polar surface area (TPSA) is 68.0 Å². The molecular weight excluding hydrogens is 238 g/mol. The van der Waals surface area contributed by atoms with Crippen molar-refractivity contribution in [2.75, 3.05) is 11.1 Å². The molecule has 0 saturated heterocycles. The second-order valence-electron chi connectivity index (χ2n) is 4.77. The minimum Gasteiger partial charge on any atom is -0.399 e. The lowest BCUT2D eigenvalue weighted by Gasteiger charge is -2.07. The van der Waals surface area contributed by atoms with Gasteiger partial charge in [-0.25, -0.2) is 0 Å². The van der Waals surface area contributed by atoms with Gasteiger partial charge >= 0.3 is 0 Å². The number of amides is 1. The Kier molecular flexibility index (Phi) is 2.91. The van der Waals surface area contributed by atoms with Crippen LogP contribution in [0.25, 0.3) is 0 Å². The average molecular weight is 253 g/mol. The molecule has 0 atom stereocenters. The zero-order chi connectivity index (χ0) is 13.2. The minimum atomic E-state index is -0.231. The van der Waals surface area contributed by atoms with E-state index in [0.29, 0.717) is 11.4 Å². The zero-order valence-electron chi connectivity index (χ0n) is 10.5. The van der Waals surface area contributed by atoms with Crippen LogP contribution in [-0.4, -0.2) is 10.9 Å². The van der Waals surface area contributed by atoms with Gasteiger partial charge in [0.15, 0.2) is 0 Å². The van der Waals surface area contributed by atoms with Crippen molar-refractivity contribution in [1.29, 1.82) is 0 Å². The number of pyridine rings is 1. The fourth-order valence-electron chi connectivity index (χ4n) is 2.42. The Balaban J connectivity index is 1.80. The van der Waals surface area contributed by atoms with E-state index in [-0.39, 0.29) is 5.91 Å². The average Bonchev–Trinajstić information content (AvgIpc) is 2.86. The summed E-state index contributed by atoms with van der Waals surface area (Å²) >= 11 is 0. The predicted molar refractivity (Wildman–Crippen MR) is 75.1 cm³/mol. The lowest BCUT2D eigenvalue weighted by atomic mass is 10.1. The zero-order valence-corrected chi connectivity index (χ0v) is 10.5. The van der Waals surface area contributed by atoms with Crippen LogP contribution in [0.2, 0.25) is 0 Å². The van der Waals surface area contributed by atoms with Gasteiger partial charge in [-0.2, -0.15) is 0 Å². The molecule has 1 aliphatic rings.